The van der Waals surface area contributed by atoms with E-state index in [1.807, 2.05) is 23.8 Å². The van der Waals surface area contributed by atoms with Crippen molar-refractivity contribution in [3.05, 3.63) is 71.9 Å². The first-order valence-electron chi connectivity index (χ1n) is 9.80. The van der Waals surface area contributed by atoms with Gasteiger partial charge in [-0.1, -0.05) is 30.3 Å². The number of aryl methyl sites for hydroxylation is 2. The number of fused-ring (bicyclic) bond motifs is 1. The van der Waals surface area contributed by atoms with Crippen molar-refractivity contribution < 1.29 is 0 Å². The van der Waals surface area contributed by atoms with E-state index in [0.717, 1.165) is 54.5 Å². The van der Waals surface area contributed by atoms with Gasteiger partial charge >= 0.3 is 0 Å². The molecule has 0 aliphatic carbocycles. The fourth-order valence-corrected chi connectivity index (χ4v) is 4.27. The molecule has 4 aromatic rings. The summed E-state index contributed by atoms with van der Waals surface area (Å²) < 4.78 is 4.21. The number of hydrogen-bond acceptors (Lipinski definition) is 4. The summed E-state index contributed by atoms with van der Waals surface area (Å²) in [4.78, 5) is 11.9. The molecule has 6 nitrogen and oxygen atoms in total. The van der Waals surface area contributed by atoms with Crippen molar-refractivity contribution in [1.82, 2.24) is 29.0 Å². The first-order valence-corrected chi connectivity index (χ1v) is 9.80. The van der Waals surface area contributed by atoms with Crippen LogP contribution in [0.25, 0.3) is 17.0 Å². The number of aromatic nitrogens is 5. The lowest BCUT2D eigenvalue weighted by atomic mass is 10.2. The maximum absolute atomic E-state index is 4.73. The monoisotopic (exact) mass is 372 g/mol. The standard InChI is InChI=1S/C22H24N6/c1-16-12-17(2)28-22(25-16)20(13-24-28)21-23-9-11-27(21)19-8-10-26(15-19)14-18-6-4-3-5-7-18/h3-7,9,11-13,19H,8,10,14-15H2,1-2H3/t19-/m0/s1. The Bertz CT molecular complexity index is 1110. The number of hydrogen-bond donors (Lipinski definition) is 0. The number of benzene rings is 1. The molecule has 1 aliphatic heterocycles. The summed E-state index contributed by atoms with van der Waals surface area (Å²) in [6, 6.07) is 13.2. The minimum atomic E-state index is 0.419. The van der Waals surface area contributed by atoms with E-state index < -0.39 is 0 Å². The topological polar surface area (TPSA) is 51.3 Å². The van der Waals surface area contributed by atoms with Crippen LogP contribution < -0.4 is 0 Å². The van der Waals surface area contributed by atoms with Crippen molar-refractivity contribution in [3.63, 3.8) is 0 Å². The Balaban J connectivity index is 1.43. The van der Waals surface area contributed by atoms with Crippen LogP contribution in [0.2, 0.25) is 0 Å². The largest absolute Gasteiger partial charge is 0.326 e. The van der Waals surface area contributed by atoms with E-state index in [1.54, 1.807) is 0 Å². The average molecular weight is 372 g/mol. The van der Waals surface area contributed by atoms with Crippen LogP contribution in [0.3, 0.4) is 0 Å². The third kappa shape index (κ3) is 2.99. The highest BCUT2D eigenvalue weighted by Gasteiger charge is 2.26. The normalized spacial score (nSPS) is 17.6. The number of rotatable bonds is 4. The van der Waals surface area contributed by atoms with Crippen LogP contribution in [0.15, 0.2) is 55.0 Å². The van der Waals surface area contributed by atoms with Gasteiger partial charge in [-0.05, 0) is 31.9 Å². The molecule has 0 N–H and O–H groups in total. The highest BCUT2D eigenvalue weighted by atomic mass is 15.3. The summed E-state index contributed by atoms with van der Waals surface area (Å²) in [6.45, 7) is 7.21. The van der Waals surface area contributed by atoms with Crippen molar-refractivity contribution in [2.75, 3.05) is 13.1 Å². The number of imidazole rings is 1. The zero-order valence-electron chi connectivity index (χ0n) is 16.3. The summed E-state index contributed by atoms with van der Waals surface area (Å²) in [6.07, 6.45) is 7.00. The van der Waals surface area contributed by atoms with Gasteiger partial charge in [0.05, 0.1) is 11.8 Å². The second kappa shape index (κ2) is 6.87. The minimum absolute atomic E-state index is 0.419. The van der Waals surface area contributed by atoms with Crippen LogP contribution >= 0.6 is 0 Å². The minimum Gasteiger partial charge on any atom is -0.326 e. The molecule has 0 saturated carbocycles. The molecule has 142 valence electrons. The van der Waals surface area contributed by atoms with E-state index >= 15 is 0 Å². The Hall–Kier alpha value is -2.99. The Labute approximate surface area is 164 Å². The van der Waals surface area contributed by atoms with E-state index in [0.29, 0.717) is 6.04 Å². The molecule has 1 saturated heterocycles. The Kier molecular flexibility index (Phi) is 4.20. The van der Waals surface area contributed by atoms with E-state index in [9.17, 15) is 0 Å². The lowest BCUT2D eigenvalue weighted by molar-refractivity contribution is 0.316. The average Bonchev–Trinajstić information content (AvgIpc) is 3.40. The summed E-state index contributed by atoms with van der Waals surface area (Å²) in [5, 5.41) is 4.54. The molecule has 1 aromatic carbocycles. The van der Waals surface area contributed by atoms with Crippen LogP contribution in [-0.4, -0.2) is 42.1 Å². The van der Waals surface area contributed by atoms with Crippen LogP contribution in [0.4, 0.5) is 0 Å². The molecule has 4 heterocycles. The molecule has 0 bridgehead atoms. The second-order valence-corrected chi connectivity index (χ2v) is 7.65. The molecule has 6 heteroatoms. The zero-order valence-corrected chi connectivity index (χ0v) is 16.3. The molecule has 1 fully saturated rings. The predicted molar refractivity (Wildman–Crippen MR) is 109 cm³/mol. The Morgan fingerprint density at radius 3 is 2.86 bits per heavy atom. The highest BCUT2D eigenvalue weighted by molar-refractivity contribution is 5.72. The molecule has 28 heavy (non-hydrogen) atoms. The van der Waals surface area contributed by atoms with Crippen LogP contribution in [0.1, 0.15) is 29.4 Å². The molecule has 0 spiro atoms. The molecule has 1 atom stereocenters. The lowest BCUT2D eigenvalue weighted by Gasteiger charge is -2.18. The van der Waals surface area contributed by atoms with Gasteiger partial charge in [0.1, 0.15) is 5.82 Å². The van der Waals surface area contributed by atoms with Crippen molar-refractivity contribution >= 4 is 5.65 Å². The van der Waals surface area contributed by atoms with Gasteiger partial charge in [-0.15, -0.1) is 0 Å². The summed E-state index contributed by atoms with van der Waals surface area (Å²) in [7, 11) is 0. The van der Waals surface area contributed by atoms with Gasteiger partial charge in [0.25, 0.3) is 0 Å². The molecule has 5 rings (SSSR count). The molecule has 0 unspecified atom stereocenters. The van der Waals surface area contributed by atoms with Crippen molar-refractivity contribution in [3.8, 4) is 11.4 Å². The van der Waals surface area contributed by atoms with E-state index in [4.69, 9.17) is 4.98 Å². The van der Waals surface area contributed by atoms with Gasteiger partial charge in [0.15, 0.2) is 5.65 Å². The SMILES string of the molecule is Cc1cc(C)n2ncc(-c3nccn3[C@H]3CCN(Cc4ccccc4)C3)c2n1. The second-order valence-electron chi connectivity index (χ2n) is 7.65. The van der Waals surface area contributed by atoms with E-state index in [1.165, 1.54) is 5.56 Å². The zero-order chi connectivity index (χ0) is 19.1. The maximum Gasteiger partial charge on any atom is 0.166 e. The number of likely N-dealkylation sites (tertiary alicyclic amines) is 1. The molecule has 3 aromatic heterocycles. The maximum atomic E-state index is 4.73. The third-order valence-corrected chi connectivity index (χ3v) is 5.58. The quantitative estimate of drug-likeness (QED) is 0.549. The van der Waals surface area contributed by atoms with Crippen molar-refractivity contribution in [1.29, 1.82) is 0 Å². The summed E-state index contributed by atoms with van der Waals surface area (Å²) in [5.41, 5.74) is 5.33. The summed E-state index contributed by atoms with van der Waals surface area (Å²) in [5.74, 6) is 0.957. The lowest BCUT2D eigenvalue weighted by Crippen LogP contribution is -2.21. The first-order chi connectivity index (χ1) is 13.7. The Morgan fingerprint density at radius 2 is 2.00 bits per heavy atom. The predicted octanol–water partition coefficient (Wildman–Crippen LogP) is 3.66. The Morgan fingerprint density at radius 1 is 1.14 bits per heavy atom. The van der Waals surface area contributed by atoms with Gasteiger partial charge in [0, 0.05) is 49.5 Å². The number of nitrogens with zero attached hydrogens (tertiary/aromatic N) is 6. The van der Waals surface area contributed by atoms with Gasteiger partial charge < -0.3 is 4.57 Å². The van der Waals surface area contributed by atoms with Gasteiger partial charge in [-0.2, -0.15) is 5.10 Å². The third-order valence-electron chi connectivity index (χ3n) is 5.58. The van der Waals surface area contributed by atoms with Gasteiger partial charge in [-0.3, -0.25) is 4.90 Å². The molecule has 0 amide bonds. The van der Waals surface area contributed by atoms with E-state index in [-0.39, 0.29) is 0 Å². The van der Waals surface area contributed by atoms with Crippen molar-refractivity contribution in [2.45, 2.75) is 32.9 Å². The first kappa shape index (κ1) is 17.1. The van der Waals surface area contributed by atoms with Crippen molar-refractivity contribution in [2.24, 2.45) is 0 Å². The fraction of sp³-hybridized carbons (Fsp3) is 0.318. The molecular weight excluding hydrogens is 348 g/mol. The smallest absolute Gasteiger partial charge is 0.166 e. The molecule has 0 radical (unpaired) electrons. The molecular formula is C22H24N6. The fourth-order valence-electron chi connectivity index (χ4n) is 4.27. The molecule has 1 aliphatic rings. The van der Waals surface area contributed by atoms with Gasteiger partial charge in [0.2, 0.25) is 0 Å². The van der Waals surface area contributed by atoms with Crippen LogP contribution in [0.5, 0.6) is 0 Å². The van der Waals surface area contributed by atoms with Crippen LogP contribution in [-0.2, 0) is 6.54 Å². The highest BCUT2D eigenvalue weighted by Crippen LogP contribution is 2.30. The summed E-state index contributed by atoms with van der Waals surface area (Å²) >= 11 is 0. The van der Waals surface area contributed by atoms with Gasteiger partial charge in [-0.25, -0.2) is 14.5 Å². The van der Waals surface area contributed by atoms with E-state index in [2.05, 4.69) is 69.1 Å². The van der Waals surface area contributed by atoms with Crippen LogP contribution in [0, 0.1) is 13.8 Å².